The number of nitrogens with one attached hydrogen (secondary N) is 1. The predicted octanol–water partition coefficient (Wildman–Crippen LogP) is 4.03. The molecule has 0 unspecified atom stereocenters. The molecule has 3 rings (SSSR count). The van der Waals surface area contributed by atoms with Gasteiger partial charge in [0.25, 0.3) is 0 Å². The first-order valence-electron chi connectivity index (χ1n) is 8.92. The van der Waals surface area contributed by atoms with E-state index in [-0.39, 0.29) is 5.91 Å². The number of benzene rings is 2. The molecule has 0 saturated carbocycles. The maximum atomic E-state index is 12.2. The maximum Gasteiger partial charge on any atom is 0.225 e. The Morgan fingerprint density at radius 3 is 2.67 bits per heavy atom. The Hall–Kier alpha value is -2.13. The summed E-state index contributed by atoms with van der Waals surface area (Å²) in [5.41, 5.74) is 5.06. The summed E-state index contributed by atoms with van der Waals surface area (Å²) in [5, 5.41) is 3.05. The van der Waals surface area contributed by atoms with Crippen LogP contribution in [0.3, 0.4) is 0 Å². The van der Waals surface area contributed by atoms with Crippen LogP contribution in [0.2, 0.25) is 0 Å². The summed E-state index contributed by atoms with van der Waals surface area (Å²) in [5.74, 6) is 0.0967. The van der Waals surface area contributed by atoms with Gasteiger partial charge in [0.15, 0.2) is 0 Å². The molecule has 126 valence electrons. The number of anilines is 1. The van der Waals surface area contributed by atoms with Crippen molar-refractivity contribution in [3.8, 4) is 0 Å². The van der Waals surface area contributed by atoms with E-state index in [0.717, 1.165) is 31.7 Å². The van der Waals surface area contributed by atoms with Gasteiger partial charge in [0.2, 0.25) is 5.91 Å². The Labute approximate surface area is 144 Å². The summed E-state index contributed by atoms with van der Waals surface area (Å²) in [6, 6.07) is 16.7. The third-order valence-corrected chi connectivity index (χ3v) is 4.73. The smallest absolute Gasteiger partial charge is 0.225 e. The van der Waals surface area contributed by atoms with Crippen molar-refractivity contribution >= 4 is 11.6 Å². The standard InChI is InChI=1S/C21H26N2O/c1-2-23(16-17-7-4-3-5-8-17)14-13-21(24)22-20-12-11-18-9-6-10-19(18)15-20/h3-5,7-8,11-12,15H,2,6,9-10,13-14,16H2,1H3,(H,22,24). The van der Waals surface area contributed by atoms with Gasteiger partial charge in [0.1, 0.15) is 0 Å². The Morgan fingerprint density at radius 1 is 1.08 bits per heavy atom. The van der Waals surface area contributed by atoms with Crippen molar-refractivity contribution < 1.29 is 4.79 Å². The van der Waals surface area contributed by atoms with Crippen molar-refractivity contribution in [1.29, 1.82) is 0 Å². The fourth-order valence-corrected chi connectivity index (χ4v) is 3.32. The summed E-state index contributed by atoms with van der Waals surface area (Å²) in [7, 11) is 0. The van der Waals surface area contributed by atoms with E-state index in [1.54, 1.807) is 0 Å². The first-order chi connectivity index (χ1) is 11.7. The number of nitrogens with zero attached hydrogens (tertiary/aromatic N) is 1. The van der Waals surface area contributed by atoms with E-state index in [1.165, 1.54) is 29.5 Å². The van der Waals surface area contributed by atoms with Crippen LogP contribution < -0.4 is 5.32 Å². The van der Waals surface area contributed by atoms with Gasteiger partial charge in [0.05, 0.1) is 0 Å². The average molecular weight is 322 g/mol. The second kappa shape index (κ2) is 8.11. The first-order valence-corrected chi connectivity index (χ1v) is 8.92. The minimum Gasteiger partial charge on any atom is -0.326 e. The second-order valence-electron chi connectivity index (χ2n) is 6.49. The van der Waals surface area contributed by atoms with Crippen molar-refractivity contribution in [1.82, 2.24) is 4.90 Å². The molecule has 1 amide bonds. The molecule has 1 aliphatic carbocycles. The van der Waals surface area contributed by atoms with Crippen molar-refractivity contribution in [3.63, 3.8) is 0 Å². The number of hydrogen-bond acceptors (Lipinski definition) is 2. The average Bonchev–Trinajstić information content (AvgIpc) is 3.07. The molecular weight excluding hydrogens is 296 g/mol. The number of fused-ring (bicyclic) bond motifs is 1. The SMILES string of the molecule is CCN(CCC(=O)Nc1ccc2c(c1)CCC2)Cc1ccccc1. The molecule has 0 aliphatic heterocycles. The van der Waals surface area contributed by atoms with E-state index >= 15 is 0 Å². The van der Waals surface area contributed by atoms with Crippen LogP contribution in [0.5, 0.6) is 0 Å². The van der Waals surface area contributed by atoms with Crippen LogP contribution >= 0.6 is 0 Å². The van der Waals surface area contributed by atoms with Crippen molar-refractivity contribution in [2.75, 3.05) is 18.4 Å². The highest BCUT2D eigenvalue weighted by atomic mass is 16.1. The summed E-state index contributed by atoms with van der Waals surface area (Å²) in [6.45, 7) is 4.76. The number of carbonyl (C=O) groups excluding carboxylic acids is 1. The van der Waals surface area contributed by atoms with Gasteiger partial charge in [-0.2, -0.15) is 0 Å². The normalized spacial score (nSPS) is 13.1. The largest absolute Gasteiger partial charge is 0.326 e. The van der Waals surface area contributed by atoms with Crippen molar-refractivity contribution in [2.24, 2.45) is 0 Å². The minimum atomic E-state index is 0.0967. The van der Waals surface area contributed by atoms with Gasteiger partial charge in [-0.05, 0) is 54.6 Å². The summed E-state index contributed by atoms with van der Waals surface area (Å²) in [6.07, 6.45) is 4.07. The van der Waals surface area contributed by atoms with E-state index in [2.05, 4.69) is 53.5 Å². The molecule has 3 nitrogen and oxygen atoms in total. The van der Waals surface area contributed by atoms with Crippen molar-refractivity contribution in [3.05, 3.63) is 65.2 Å². The summed E-state index contributed by atoms with van der Waals surface area (Å²) in [4.78, 5) is 14.6. The molecular formula is C21H26N2O. The van der Waals surface area contributed by atoms with Crippen LogP contribution in [0.25, 0.3) is 0 Å². The maximum absolute atomic E-state index is 12.2. The van der Waals surface area contributed by atoms with Gasteiger partial charge in [-0.25, -0.2) is 0 Å². The third kappa shape index (κ3) is 4.45. The van der Waals surface area contributed by atoms with Crippen LogP contribution in [0.15, 0.2) is 48.5 Å². The molecule has 0 heterocycles. The highest BCUT2D eigenvalue weighted by Gasteiger charge is 2.12. The Kier molecular flexibility index (Phi) is 5.65. The van der Waals surface area contributed by atoms with E-state index in [4.69, 9.17) is 0 Å². The zero-order valence-corrected chi connectivity index (χ0v) is 14.4. The number of rotatable bonds is 7. The number of aryl methyl sites for hydroxylation is 2. The Balaban J connectivity index is 1.49. The highest BCUT2D eigenvalue weighted by Crippen LogP contribution is 2.24. The molecule has 0 radical (unpaired) electrons. The molecule has 2 aromatic carbocycles. The summed E-state index contributed by atoms with van der Waals surface area (Å²) >= 11 is 0. The van der Waals surface area contributed by atoms with Crippen LogP contribution in [0, 0.1) is 0 Å². The lowest BCUT2D eigenvalue weighted by molar-refractivity contribution is -0.116. The fourth-order valence-electron chi connectivity index (χ4n) is 3.32. The van der Waals surface area contributed by atoms with E-state index in [1.807, 2.05) is 12.1 Å². The van der Waals surface area contributed by atoms with Gasteiger partial charge in [0, 0.05) is 25.2 Å². The van der Waals surface area contributed by atoms with Crippen LogP contribution in [-0.4, -0.2) is 23.9 Å². The van der Waals surface area contributed by atoms with E-state index in [0.29, 0.717) is 6.42 Å². The predicted molar refractivity (Wildman–Crippen MR) is 99.1 cm³/mol. The highest BCUT2D eigenvalue weighted by molar-refractivity contribution is 5.91. The summed E-state index contributed by atoms with van der Waals surface area (Å²) < 4.78 is 0. The zero-order valence-electron chi connectivity index (χ0n) is 14.4. The van der Waals surface area contributed by atoms with E-state index < -0.39 is 0 Å². The minimum absolute atomic E-state index is 0.0967. The van der Waals surface area contributed by atoms with Gasteiger partial charge < -0.3 is 5.32 Å². The second-order valence-corrected chi connectivity index (χ2v) is 6.49. The topological polar surface area (TPSA) is 32.3 Å². The fraction of sp³-hybridized carbons (Fsp3) is 0.381. The molecule has 0 fully saturated rings. The molecule has 0 bridgehead atoms. The molecule has 0 saturated heterocycles. The number of carbonyl (C=O) groups is 1. The number of hydrogen-bond donors (Lipinski definition) is 1. The van der Waals surface area contributed by atoms with Crippen LogP contribution in [-0.2, 0) is 24.2 Å². The van der Waals surface area contributed by atoms with Gasteiger partial charge in [-0.3, -0.25) is 9.69 Å². The molecule has 3 heteroatoms. The molecule has 0 spiro atoms. The molecule has 0 aromatic heterocycles. The molecule has 24 heavy (non-hydrogen) atoms. The van der Waals surface area contributed by atoms with E-state index in [9.17, 15) is 4.79 Å². The van der Waals surface area contributed by atoms with Crippen LogP contribution in [0.1, 0.15) is 36.5 Å². The molecule has 1 aliphatic rings. The molecule has 2 aromatic rings. The molecule has 1 N–H and O–H groups in total. The lowest BCUT2D eigenvalue weighted by Gasteiger charge is -2.20. The monoisotopic (exact) mass is 322 g/mol. The first kappa shape index (κ1) is 16.7. The lowest BCUT2D eigenvalue weighted by Crippen LogP contribution is -2.27. The Bertz CT molecular complexity index is 681. The quantitative estimate of drug-likeness (QED) is 0.835. The third-order valence-electron chi connectivity index (χ3n) is 4.73. The number of amides is 1. The lowest BCUT2D eigenvalue weighted by atomic mass is 10.1. The van der Waals surface area contributed by atoms with Crippen LogP contribution in [0.4, 0.5) is 5.69 Å². The van der Waals surface area contributed by atoms with Crippen molar-refractivity contribution in [2.45, 2.75) is 39.2 Å². The molecule has 0 atom stereocenters. The zero-order chi connectivity index (χ0) is 16.8. The van der Waals surface area contributed by atoms with Gasteiger partial charge >= 0.3 is 0 Å². The van der Waals surface area contributed by atoms with Gasteiger partial charge in [-0.1, -0.05) is 43.3 Å². The van der Waals surface area contributed by atoms with Gasteiger partial charge in [-0.15, -0.1) is 0 Å². The Morgan fingerprint density at radius 2 is 1.88 bits per heavy atom.